The van der Waals surface area contributed by atoms with E-state index in [0.717, 1.165) is 0 Å². The molecule has 0 spiro atoms. The quantitative estimate of drug-likeness (QED) is 0.351. The van der Waals surface area contributed by atoms with Crippen molar-refractivity contribution in [2.45, 2.75) is 13.8 Å². The molecule has 2 aromatic carbocycles. The molecule has 0 N–H and O–H groups in total. The van der Waals surface area contributed by atoms with Gasteiger partial charge in [-0.3, -0.25) is 9.88 Å². The van der Waals surface area contributed by atoms with Crippen LogP contribution in [0.4, 0.5) is 11.4 Å². The largest absolute Gasteiger partial charge is 1.00 e. The van der Waals surface area contributed by atoms with Gasteiger partial charge in [-0.15, -0.1) is 0 Å². The molecule has 8 heteroatoms. The van der Waals surface area contributed by atoms with Gasteiger partial charge in [0.15, 0.2) is 11.5 Å². The number of nitrogens with zero attached hydrogens (tertiary/aromatic N) is 2. The number of anilines is 2. The number of aromatic nitrogens is 1. The summed E-state index contributed by atoms with van der Waals surface area (Å²) in [7, 11) is -4.84. The molecule has 0 radical (unpaired) electrons. The van der Waals surface area contributed by atoms with E-state index in [1.54, 1.807) is 68.6 Å². The van der Waals surface area contributed by atoms with Crippen molar-refractivity contribution in [1.82, 2.24) is 4.98 Å². The monoisotopic (exact) mass is 442 g/mol. The van der Waals surface area contributed by atoms with Crippen LogP contribution in [0.3, 0.4) is 0 Å². The van der Waals surface area contributed by atoms with E-state index in [1.807, 2.05) is 24.3 Å². The maximum atomic E-state index is 12.5. The molecule has 31 heavy (non-hydrogen) atoms. The normalized spacial score (nSPS) is 13.6. The van der Waals surface area contributed by atoms with Crippen LogP contribution in [-0.2, 0) is 10.1 Å². The summed E-state index contributed by atoms with van der Waals surface area (Å²) in [5.41, 5.74) is 2.52. The van der Waals surface area contributed by atoms with Gasteiger partial charge in [0.2, 0.25) is 0 Å². The molecule has 0 saturated heterocycles. The van der Waals surface area contributed by atoms with Gasteiger partial charge in [0.25, 0.3) is 0 Å². The second-order valence-electron chi connectivity index (χ2n) is 6.71. The molecule has 4 rings (SSSR count). The Balaban J connectivity index is 0.00000272. The third kappa shape index (κ3) is 4.46. The van der Waals surface area contributed by atoms with Crippen molar-refractivity contribution in [1.29, 1.82) is 0 Å². The average molecular weight is 442 g/mol. The van der Waals surface area contributed by atoms with Crippen LogP contribution in [0.2, 0.25) is 0 Å². The molecule has 2 heterocycles. The number of ether oxygens (including phenoxy) is 1. The number of para-hydroxylation sites is 3. The summed E-state index contributed by atoms with van der Waals surface area (Å²) in [5, 5.41) is -0.346. The first kappa shape index (κ1) is 23.2. The van der Waals surface area contributed by atoms with Crippen molar-refractivity contribution in [3.8, 4) is 22.8 Å². The van der Waals surface area contributed by atoms with E-state index in [2.05, 4.69) is 4.98 Å². The van der Waals surface area contributed by atoms with Gasteiger partial charge in [-0.1, -0.05) is 42.5 Å². The van der Waals surface area contributed by atoms with Crippen molar-refractivity contribution in [3.63, 3.8) is 0 Å². The molecule has 0 atom stereocenters. The molecule has 6 nitrogen and oxygen atoms in total. The molecule has 1 aromatic heterocycles. The molecule has 152 valence electrons. The van der Waals surface area contributed by atoms with Gasteiger partial charge in [0.1, 0.15) is 15.1 Å². The molecule has 3 aromatic rings. The first-order valence-electron chi connectivity index (χ1n) is 9.32. The maximum Gasteiger partial charge on any atom is 1.00 e. The van der Waals surface area contributed by atoms with Crippen molar-refractivity contribution >= 4 is 21.5 Å². The molecule has 0 saturated carbocycles. The Morgan fingerprint density at radius 1 is 1.03 bits per heavy atom. The predicted molar refractivity (Wildman–Crippen MR) is 116 cm³/mol. The summed E-state index contributed by atoms with van der Waals surface area (Å²) < 4.78 is 43.5. The molecular formula is C23H19N2NaO4S. The zero-order chi connectivity index (χ0) is 21.3. The van der Waals surface area contributed by atoms with Crippen LogP contribution >= 0.6 is 0 Å². The van der Waals surface area contributed by atoms with Crippen molar-refractivity contribution < 1.29 is 47.3 Å². The molecule has 0 amide bonds. The smallest absolute Gasteiger partial charge is 0.743 e. The van der Waals surface area contributed by atoms with Gasteiger partial charge in [-0.2, -0.15) is 0 Å². The molecular weight excluding hydrogens is 423 g/mol. The van der Waals surface area contributed by atoms with Crippen LogP contribution in [0, 0.1) is 0 Å². The standard InChI is InChI=1S/C23H20N2O4S.Na/c1-3-9-16(2)23(30(26,27)28)25-19-12-4-5-13-20(19)29-21-14-8-10-17(22(21)25)18-11-6-7-15-24-18;/h3-15H,1-2H3,(H,26,27,28);/q;+1/p-1. The zero-order valence-electron chi connectivity index (χ0n) is 17.4. The summed E-state index contributed by atoms with van der Waals surface area (Å²) in [4.78, 5) is 5.88. The second-order valence-corrected chi connectivity index (χ2v) is 8.01. The third-order valence-corrected chi connectivity index (χ3v) is 5.66. The van der Waals surface area contributed by atoms with Crippen LogP contribution in [0.25, 0.3) is 11.3 Å². The Bertz CT molecular complexity index is 1270. The Hall–Kier alpha value is -2.42. The van der Waals surface area contributed by atoms with Crippen molar-refractivity contribution in [2.75, 3.05) is 4.90 Å². The van der Waals surface area contributed by atoms with Crippen LogP contribution in [0.15, 0.2) is 89.6 Å². The van der Waals surface area contributed by atoms with Crippen LogP contribution in [0.5, 0.6) is 11.5 Å². The topological polar surface area (TPSA) is 82.6 Å². The SMILES string of the molecule is CC=CC(C)=C(N1c2ccccc2Oc2cccc(-c3ccccn3)c21)S(=O)(=O)[O-].[Na+]. The van der Waals surface area contributed by atoms with Gasteiger partial charge in [-0.25, -0.2) is 8.42 Å². The number of hydrogen-bond acceptors (Lipinski definition) is 6. The number of rotatable bonds is 4. The van der Waals surface area contributed by atoms with Crippen LogP contribution < -0.4 is 39.2 Å². The van der Waals surface area contributed by atoms with Gasteiger partial charge in [0.05, 0.1) is 17.1 Å². The first-order valence-corrected chi connectivity index (χ1v) is 10.7. The Morgan fingerprint density at radius 3 is 2.42 bits per heavy atom. The van der Waals surface area contributed by atoms with E-state index in [4.69, 9.17) is 4.74 Å². The van der Waals surface area contributed by atoms with Gasteiger partial charge < -0.3 is 9.29 Å². The number of hydrogen-bond donors (Lipinski definition) is 0. The van der Waals surface area contributed by atoms with Crippen LogP contribution in [0.1, 0.15) is 13.8 Å². The van der Waals surface area contributed by atoms with Gasteiger partial charge >= 0.3 is 29.6 Å². The van der Waals surface area contributed by atoms with Gasteiger partial charge in [0, 0.05) is 11.8 Å². The summed E-state index contributed by atoms with van der Waals surface area (Å²) in [6.45, 7) is 3.37. The maximum absolute atomic E-state index is 12.5. The number of benzene rings is 2. The molecule has 0 unspecified atom stereocenters. The first-order chi connectivity index (χ1) is 14.4. The summed E-state index contributed by atoms with van der Waals surface area (Å²) >= 11 is 0. The molecule has 1 aliphatic heterocycles. The van der Waals surface area contributed by atoms with Crippen LogP contribution in [-0.4, -0.2) is 18.0 Å². The summed E-state index contributed by atoms with van der Waals surface area (Å²) in [6.07, 6.45) is 4.95. The van der Waals surface area contributed by atoms with E-state index >= 15 is 0 Å². The number of allylic oxidation sites excluding steroid dienone is 3. The van der Waals surface area contributed by atoms with Crippen molar-refractivity contribution in [3.05, 3.63) is 89.6 Å². The predicted octanol–water partition coefficient (Wildman–Crippen LogP) is 2.35. The number of fused-ring (bicyclic) bond motifs is 2. The van der Waals surface area contributed by atoms with E-state index in [1.165, 1.54) is 4.90 Å². The van der Waals surface area contributed by atoms with E-state index in [0.29, 0.717) is 39.7 Å². The molecule has 0 bridgehead atoms. The second kappa shape index (κ2) is 9.38. The summed E-state index contributed by atoms with van der Waals surface area (Å²) in [5.74, 6) is 0.892. The minimum Gasteiger partial charge on any atom is -0.743 e. The number of pyridine rings is 1. The van der Waals surface area contributed by atoms with E-state index in [-0.39, 0.29) is 34.6 Å². The van der Waals surface area contributed by atoms with Crippen molar-refractivity contribution in [2.24, 2.45) is 0 Å². The minimum absolute atomic E-state index is 0. The average Bonchev–Trinajstić information content (AvgIpc) is 2.73. The third-order valence-electron chi connectivity index (χ3n) is 4.68. The zero-order valence-corrected chi connectivity index (χ0v) is 20.3. The molecule has 1 aliphatic rings. The Kier molecular flexibility index (Phi) is 7.03. The fourth-order valence-electron chi connectivity index (χ4n) is 3.55. The Labute approximate surface area is 203 Å². The fourth-order valence-corrected chi connectivity index (χ4v) is 4.42. The van der Waals surface area contributed by atoms with E-state index in [9.17, 15) is 13.0 Å². The summed E-state index contributed by atoms with van der Waals surface area (Å²) in [6, 6.07) is 17.9. The molecule has 0 aliphatic carbocycles. The Morgan fingerprint density at radius 2 is 1.74 bits per heavy atom. The van der Waals surface area contributed by atoms with Gasteiger partial charge in [-0.05, 0) is 49.8 Å². The minimum atomic E-state index is -4.84. The van der Waals surface area contributed by atoms with E-state index < -0.39 is 10.1 Å². The molecule has 0 fully saturated rings. The fraction of sp³-hybridized carbons (Fsp3) is 0.0870.